The topological polar surface area (TPSA) is 70.0 Å². The number of carboxylic acid groups (broad SMARTS) is 1. The van der Waals surface area contributed by atoms with Gasteiger partial charge in [0.25, 0.3) is 0 Å². The molecule has 0 aromatic heterocycles. The van der Waals surface area contributed by atoms with Gasteiger partial charge in [-0.2, -0.15) is 0 Å². The summed E-state index contributed by atoms with van der Waals surface area (Å²) in [5.74, 6) is -0.536. The van der Waals surface area contributed by atoms with Crippen molar-refractivity contribution in [1.82, 2.24) is 4.90 Å². The molecule has 0 aromatic carbocycles. The number of piperidine rings is 1. The van der Waals surface area contributed by atoms with Crippen LogP contribution in [0.4, 0.5) is 0 Å². The van der Waals surface area contributed by atoms with E-state index >= 15 is 0 Å². The number of rotatable bonds is 5. The van der Waals surface area contributed by atoms with Crippen molar-refractivity contribution in [2.24, 2.45) is 5.92 Å². The zero-order chi connectivity index (χ0) is 12.1. The molecule has 0 aromatic rings. The van der Waals surface area contributed by atoms with E-state index in [2.05, 4.69) is 0 Å². The minimum Gasteiger partial charge on any atom is -0.480 e. The van der Waals surface area contributed by atoms with Gasteiger partial charge in [0, 0.05) is 7.11 Å². The highest BCUT2D eigenvalue weighted by Gasteiger charge is 2.30. The van der Waals surface area contributed by atoms with Crippen molar-refractivity contribution in [2.75, 3.05) is 26.8 Å². The van der Waals surface area contributed by atoms with Crippen molar-refractivity contribution in [3.8, 4) is 0 Å². The second-order valence-electron chi connectivity index (χ2n) is 4.42. The summed E-state index contributed by atoms with van der Waals surface area (Å²) in [7, 11) is 1.51. The molecule has 16 heavy (non-hydrogen) atoms. The molecular formula is C11H21NO4. The van der Waals surface area contributed by atoms with Crippen LogP contribution in [0.15, 0.2) is 0 Å². The molecule has 0 saturated carbocycles. The van der Waals surface area contributed by atoms with E-state index in [0.717, 1.165) is 25.9 Å². The van der Waals surface area contributed by atoms with Crippen molar-refractivity contribution in [1.29, 1.82) is 0 Å². The van der Waals surface area contributed by atoms with Crippen molar-refractivity contribution < 1.29 is 19.7 Å². The van der Waals surface area contributed by atoms with Crippen LogP contribution in [0.2, 0.25) is 0 Å². The number of methoxy groups -OCH3 is 1. The van der Waals surface area contributed by atoms with Crippen LogP contribution in [0.1, 0.15) is 19.8 Å². The summed E-state index contributed by atoms with van der Waals surface area (Å²) >= 11 is 0. The van der Waals surface area contributed by atoms with Crippen molar-refractivity contribution in [3.63, 3.8) is 0 Å². The molecule has 0 radical (unpaired) electrons. The zero-order valence-corrected chi connectivity index (χ0v) is 9.93. The highest BCUT2D eigenvalue weighted by Crippen LogP contribution is 2.22. The summed E-state index contributed by atoms with van der Waals surface area (Å²) in [5.41, 5.74) is 0. The molecule has 1 rings (SSSR count). The fraction of sp³-hybridized carbons (Fsp3) is 0.909. The lowest BCUT2D eigenvalue weighted by Gasteiger charge is -2.36. The third-order valence-electron chi connectivity index (χ3n) is 3.31. The highest BCUT2D eigenvalue weighted by molar-refractivity contribution is 5.73. The lowest BCUT2D eigenvalue weighted by molar-refractivity contribution is -0.146. The van der Waals surface area contributed by atoms with Crippen LogP contribution in [-0.2, 0) is 9.53 Å². The fourth-order valence-electron chi connectivity index (χ4n) is 2.20. The van der Waals surface area contributed by atoms with Gasteiger partial charge in [-0.1, -0.05) is 0 Å². The maximum absolute atomic E-state index is 11.0. The number of aliphatic hydroxyl groups excluding tert-OH is 1. The lowest BCUT2D eigenvalue weighted by atomic mass is 9.91. The van der Waals surface area contributed by atoms with Crippen molar-refractivity contribution in [2.45, 2.75) is 31.9 Å². The Bertz CT molecular complexity index is 224. The van der Waals surface area contributed by atoms with Gasteiger partial charge in [0.15, 0.2) is 0 Å². The smallest absolute Gasteiger partial charge is 0.323 e. The van der Waals surface area contributed by atoms with Crippen LogP contribution in [0.3, 0.4) is 0 Å². The van der Waals surface area contributed by atoms with E-state index in [9.17, 15) is 9.90 Å². The van der Waals surface area contributed by atoms with E-state index in [1.165, 1.54) is 7.11 Å². The summed E-state index contributed by atoms with van der Waals surface area (Å²) in [4.78, 5) is 13.0. The van der Waals surface area contributed by atoms with Crippen LogP contribution in [0.5, 0.6) is 0 Å². The number of nitrogens with zero attached hydrogens (tertiary/aromatic N) is 1. The van der Waals surface area contributed by atoms with E-state index in [0.29, 0.717) is 5.92 Å². The second-order valence-corrected chi connectivity index (χ2v) is 4.42. The number of hydrogen-bond acceptors (Lipinski definition) is 4. The molecule has 1 heterocycles. The normalized spacial score (nSPS) is 22.9. The summed E-state index contributed by atoms with van der Waals surface area (Å²) in [6.07, 6.45) is 1.41. The molecule has 1 aliphatic heterocycles. The second kappa shape index (κ2) is 6.18. The lowest BCUT2D eigenvalue weighted by Crippen LogP contribution is -2.49. The zero-order valence-electron chi connectivity index (χ0n) is 9.93. The summed E-state index contributed by atoms with van der Waals surface area (Å²) in [5, 5.41) is 18.5. The van der Waals surface area contributed by atoms with Crippen LogP contribution < -0.4 is 0 Å². The molecule has 94 valence electrons. The highest BCUT2D eigenvalue weighted by atomic mass is 16.5. The maximum atomic E-state index is 11.0. The van der Waals surface area contributed by atoms with E-state index in [-0.39, 0.29) is 12.7 Å². The Kier molecular flexibility index (Phi) is 5.18. The largest absolute Gasteiger partial charge is 0.480 e. The van der Waals surface area contributed by atoms with E-state index < -0.39 is 12.0 Å². The first-order chi connectivity index (χ1) is 7.56. The Labute approximate surface area is 96.0 Å². The summed E-state index contributed by atoms with van der Waals surface area (Å²) in [6, 6.07) is -0.556. The quantitative estimate of drug-likeness (QED) is 0.706. The summed E-state index contributed by atoms with van der Waals surface area (Å²) < 4.78 is 4.92. The van der Waals surface area contributed by atoms with E-state index in [1.807, 2.05) is 4.90 Å². The number of carbonyl (C=O) groups is 1. The van der Waals surface area contributed by atoms with Gasteiger partial charge < -0.3 is 14.9 Å². The van der Waals surface area contributed by atoms with E-state index in [4.69, 9.17) is 9.84 Å². The van der Waals surface area contributed by atoms with Gasteiger partial charge >= 0.3 is 5.97 Å². The number of hydrogen-bond donors (Lipinski definition) is 2. The molecule has 1 fully saturated rings. The van der Waals surface area contributed by atoms with Crippen molar-refractivity contribution in [3.05, 3.63) is 0 Å². The molecule has 1 saturated heterocycles. The minimum absolute atomic E-state index is 0.217. The van der Waals surface area contributed by atoms with Gasteiger partial charge in [-0.05, 0) is 38.8 Å². The maximum Gasteiger partial charge on any atom is 0.323 e. The molecule has 2 N–H and O–H groups in total. The molecule has 0 bridgehead atoms. The number of likely N-dealkylation sites (tertiary alicyclic amines) is 1. The Morgan fingerprint density at radius 3 is 2.44 bits per heavy atom. The van der Waals surface area contributed by atoms with Gasteiger partial charge in [-0.15, -0.1) is 0 Å². The number of aliphatic hydroxyl groups is 1. The molecule has 2 atom stereocenters. The van der Waals surface area contributed by atoms with Crippen LogP contribution >= 0.6 is 0 Å². The fourth-order valence-corrected chi connectivity index (χ4v) is 2.20. The first kappa shape index (κ1) is 13.4. The van der Waals surface area contributed by atoms with Crippen LogP contribution in [0, 0.1) is 5.92 Å². The van der Waals surface area contributed by atoms with Gasteiger partial charge in [-0.3, -0.25) is 9.69 Å². The number of aliphatic carboxylic acids is 1. The Morgan fingerprint density at radius 1 is 1.50 bits per heavy atom. The van der Waals surface area contributed by atoms with Crippen LogP contribution in [0.25, 0.3) is 0 Å². The van der Waals surface area contributed by atoms with Crippen LogP contribution in [-0.4, -0.2) is 60.0 Å². The minimum atomic E-state index is -0.836. The third kappa shape index (κ3) is 3.43. The first-order valence-electron chi connectivity index (χ1n) is 5.70. The Balaban J connectivity index is 2.47. The van der Waals surface area contributed by atoms with Gasteiger partial charge in [0.05, 0.1) is 12.7 Å². The molecular weight excluding hydrogens is 210 g/mol. The van der Waals surface area contributed by atoms with Gasteiger partial charge in [0.1, 0.15) is 6.04 Å². The SMILES string of the molecule is COCC(C(=O)O)N1CCC(C(C)O)CC1. The number of ether oxygens (including phenoxy) is 1. The standard InChI is InChI=1S/C11H21NO4/c1-8(13)9-3-5-12(6-4-9)10(7-16-2)11(14)15/h8-10,13H,3-7H2,1-2H3,(H,14,15). The predicted octanol–water partition coefficient (Wildman–Crippen LogP) is 0.179. The predicted molar refractivity (Wildman–Crippen MR) is 59.3 cm³/mol. The molecule has 1 aliphatic rings. The molecule has 0 aliphatic carbocycles. The molecule has 0 amide bonds. The Hall–Kier alpha value is -0.650. The first-order valence-corrected chi connectivity index (χ1v) is 5.70. The monoisotopic (exact) mass is 231 g/mol. The third-order valence-corrected chi connectivity index (χ3v) is 3.31. The molecule has 5 heteroatoms. The van der Waals surface area contributed by atoms with E-state index in [1.54, 1.807) is 6.92 Å². The Morgan fingerprint density at radius 2 is 2.06 bits per heavy atom. The molecule has 0 spiro atoms. The van der Waals surface area contributed by atoms with Gasteiger partial charge in [0.2, 0.25) is 0 Å². The molecule has 2 unspecified atom stereocenters. The summed E-state index contributed by atoms with van der Waals surface area (Å²) in [6.45, 7) is 3.45. The van der Waals surface area contributed by atoms with Gasteiger partial charge in [-0.25, -0.2) is 0 Å². The average molecular weight is 231 g/mol. The average Bonchev–Trinajstić information content (AvgIpc) is 2.25. The molecule has 5 nitrogen and oxygen atoms in total. The van der Waals surface area contributed by atoms with Crippen molar-refractivity contribution >= 4 is 5.97 Å². The number of carboxylic acids is 1.